The Morgan fingerprint density at radius 3 is 2.67 bits per heavy atom. The van der Waals surface area contributed by atoms with Crippen LogP contribution in [0.15, 0.2) is 34.5 Å². The van der Waals surface area contributed by atoms with Crippen LogP contribution in [0.1, 0.15) is 11.8 Å². The number of hydrogen-bond acceptors (Lipinski definition) is 5. The molecule has 1 aromatic carbocycles. The zero-order valence-corrected chi connectivity index (χ0v) is 12.9. The molecule has 1 aromatic heterocycles. The van der Waals surface area contributed by atoms with Gasteiger partial charge in [0.15, 0.2) is 11.6 Å². The van der Waals surface area contributed by atoms with Crippen molar-refractivity contribution in [1.82, 2.24) is 0 Å². The van der Waals surface area contributed by atoms with Crippen LogP contribution in [0.3, 0.4) is 0 Å². The molecule has 0 saturated heterocycles. The summed E-state index contributed by atoms with van der Waals surface area (Å²) in [5.74, 6) is -0.534. The van der Waals surface area contributed by atoms with Gasteiger partial charge in [0.1, 0.15) is 4.21 Å². The van der Waals surface area contributed by atoms with Crippen molar-refractivity contribution in [1.29, 1.82) is 0 Å². The van der Waals surface area contributed by atoms with E-state index in [4.69, 9.17) is 10.5 Å². The Kier molecular flexibility index (Phi) is 4.81. The maximum absolute atomic E-state index is 13.7. The zero-order valence-electron chi connectivity index (χ0n) is 11.3. The van der Waals surface area contributed by atoms with Gasteiger partial charge in [-0.15, -0.1) is 11.3 Å². The van der Waals surface area contributed by atoms with E-state index in [1.165, 1.54) is 18.2 Å². The lowest BCUT2D eigenvalue weighted by Crippen LogP contribution is -2.11. The highest BCUT2D eigenvalue weighted by molar-refractivity contribution is 7.94. The molecule has 0 radical (unpaired) electrons. The summed E-state index contributed by atoms with van der Waals surface area (Å²) in [4.78, 5) is 0.758. The van der Waals surface area contributed by atoms with E-state index in [1.54, 1.807) is 13.0 Å². The Bertz CT molecular complexity index is 729. The molecule has 8 heteroatoms. The van der Waals surface area contributed by atoms with Crippen molar-refractivity contribution in [3.05, 3.63) is 41.0 Å². The minimum Gasteiger partial charge on any atom is -0.491 e. The third-order valence-corrected chi connectivity index (χ3v) is 5.57. The SMILES string of the molecule is CCOc1ccc(NS(=O)(=O)c2ccc(CN)s2)cc1F. The Balaban J connectivity index is 2.22. The number of hydrogen-bond donors (Lipinski definition) is 2. The number of anilines is 1. The van der Waals surface area contributed by atoms with Gasteiger partial charge in [-0.05, 0) is 31.2 Å². The second-order valence-corrected chi connectivity index (χ2v) is 7.19. The Hall–Kier alpha value is -1.64. The minimum absolute atomic E-state index is 0.0852. The van der Waals surface area contributed by atoms with Crippen LogP contribution in [-0.2, 0) is 16.6 Å². The Morgan fingerprint density at radius 2 is 2.10 bits per heavy atom. The number of nitrogens with two attached hydrogens (primary N) is 1. The first kappa shape index (κ1) is 15.7. The van der Waals surface area contributed by atoms with Crippen LogP contribution >= 0.6 is 11.3 Å². The van der Waals surface area contributed by atoms with Crippen LogP contribution in [0.5, 0.6) is 5.75 Å². The molecule has 1 heterocycles. The number of sulfonamides is 1. The van der Waals surface area contributed by atoms with Gasteiger partial charge in [-0.25, -0.2) is 12.8 Å². The fourth-order valence-electron chi connectivity index (χ4n) is 1.65. The van der Waals surface area contributed by atoms with Gasteiger partial charge < -0.3 is 10.5 Å². The van der Waals surface area contributed by atoms with Crippen LogP contribution in [-0.4, -0.2) is 15.0 Å². The van der Waals surface area contributed by atoms with E-state index in [0.717, 1.165) is 22.3 Å². The van der Waals surface area contributed by atoms with Crippen molar-refractivity contribution < 1.29 is 17.5 Å². The molecule has 2 rings (SSSR count). The number of benzene rings is 1. The first-order valence-corrected chi connectivity index (χ1v) is 8.50. The summed E-state index contributed by atoms with van der Waals surface area (Å²) in [6, 6.07) is 7.04. The fraction of sp³-hybridized carbons (Fsp3) is 0.231. The van der Waals surface area contributed by atoms with Gasteiger partial charge in [0.25, 0.3) is 10.0 Å². The molecule has 0 fully saturated rings. The van der Waals surface area contributed by atoms with Gasteiger partial charge in [-0.3, -0.25) is 4.72 Å². The van der Waals surface area contributed by atoms with Gasteiger partial charge in [0.05, 0.1) is 12.3 Å². The number of nitrogens with one attached hydrogen (secondary N) is 1. The maximum atomic E-state index is 13.7. The van der Waals surface area contributed by atoms with Gasteiger partial charge in [-0.2, -0.15) is 0 Å². The average molecular weight is 330 g/mol. The summed E-state index contributed by atoms with van der Waals surface area (Å²) in [5.41, 5.74) is 5.59. The van der Waals surface area contributed by atoms with Crippen LogP contribution in [0, 0.1) is 5.82 Å². The van der Waals surface area contributed by atoms with Gasteiger partial charge in [0, 0.05) is 17.5 Å². The summed E-state index contributed by atoms with van der Waals surface area (Å²) < 4.78 is 45.5. The minimum atomic E-state index is -3.74. The van der Waals surface area contributed by atoms with Crippen LogP contribution in [0.2, 0.25) is 0 Å². The van der Waals surface area contributed by atoms with Crippen molar-refractivity contribution in [2.75, 3.05) is 11.3 Å². The highest BCUT2D eigenvalue weighted by Gasteiger charge is 2.17. The van der Waals surface area contributed by atoms with E-state index in [-0.39, 0.29) is 22.2 Å². The lowest BCUT2D eigenvalue weighted by molar-refractivity contribution is 0.321. The molecule has 3 N–H and O–H groups in total. The third-order valence-electron chi connectivity index (χ3n) is 2.59. The zero-order chi connectivity index (χ0) is 15.5. The quantitative estimate of drug-likeness (QED) is 0.853. The lowest BCUT2D eigenvalue weighted by atomic mass is 10.3. The second-order valence-electron chi connectivity index (χ2n) is 4.11. The van der Waals surface area contributed by atoms with Gasteiger partial charge in [-0.1, -0.05) is 0 Å². The number of halogens is 1. The van der Waals surface area contributed by atoms with E-state index in [1.807, 2.05) is 0 Å². The van der Waals surface area contributed by atoms with Crippen molar-refractivity contribution >= 4 is 27.0 Å². The number of rotatable bonds is 6. The summed E-state index contributed by atoms with van der Waals surface area (Å²) in [6.07, 6.45) is 0. The van der Waals surface area contributed by atoms with Crippen molar-refractivity contribution in [3.63, 3.8) is 0 Å². The van der Waals surface area contributed by atoms with E-state index in [0.29, 0.717) is 6.61 Å². The Morgan fingerprint density at radius 1 is 1.33 bits per heavy atom. The molecular weight excluding hydrogens is 315 g/mol. The van der Waals surface area contributed by atoms with Gasteiger partial charge >= 0.3 is 0 Å². The molecule has 0 aliphatic carbocycles. The second kappa shape index (κ2) is 6.42. The predicted molar refractivity (Wildman–Crippen MR) is 80.6 cm³/mol. The molecular formula is C13H15FN2O3S2. The largest absolute Gasteiger partial charge is 0.491 e. The summed E-state index contributed by atoms with van der Waals surface area (Å²) in [5, 5.41) is 0. The lowest BCUT2D eigenvalue weighted by Gasteiger charge is -2.09. The highest BCUT2D eigenvalue weighted by atomic mass is 32.2. The predicted octanol–water partition coefficient (Wildman–Crippen LogP) is 2.55. The smallest absolute Gasteiger partial charge is 0.271 e. The fourth-order valence-corrected chi connectivity index (χ4v) is 3.94. The third kappa shape index (κ3) is 3.72. The highest BCUT2D eigenvalue weighted by Crippen LogP contribution is 2.26. The number of thiophene rings is 1. The molecule has 0 aliphatic heterocycles. The Labute approximate surface area is 126 Å². The maximum Gasteiger partial charge on any atom is 0.271 e. The monoisotopic (exact) mass is 330 g/mol. The molecule has 21 heavy (non-hydrogen) atoms. The molecule has 5 nitrogen and oxygen atoms in total. The standard InChI is InChI=1S/C13H15FN2O3S2/c1-2-19-12-5-3-9(7-11(12)14)16-21(17,18)13-6-4-10(8-15)20-13/h3-7,16H,2,8,15H2,1H3. The topological polar surface area (TPSA) is 81.4 Å². The van der Waals surface area contributed by atoms with Crippen LogP contribution in [0.4, 0.5) is 10.1 Å². The molecule has 0 atom stereocenters. The van der Waals surface area contributed by atoms with Crippen LogP contribution in [0.25, 0.3) is 0 Å². The van der Waals surface area contributed by atoms with Gasteiger partial charge in [0.2, 0.25) is 0 Å². The molecule has 0 saturated carbocycles. The first-order chi connectivity index (χ1) is 9.96. The normalized spacial score (nSPS) is 11.4. The molecule has 0 bridgehead atoms. The molecule has 0 unspecified atom stereocenters. The van der Waals surface area contributed by atoms with Crippen molar-refractivity contribution in [2.24, 2.45) is 5.73 Å². The van der Waals surface area contributed by atoms with E-state index < -0.39 is 15.8 Å². The van der Waals surface area contributed by atoms with Crippen molar-refractivity contribution in [3.8, 4) is 5.75 Å². The van der Waals surface area contributed by atoms with Crippen molar-refractivity contribution in [2.45, 2.75) is 17.7 Å². The van der Waals surface area contributed by atoms with Crippen LogP contribution < -0.4 is 15.2 Å². The molecule has 0 amide bonds. The number of ether oxygens (including phenoxy) is 1. The molecule has 0 aliphatic rings. The van der Waals surface area contributed by atoms with E-state index >= 15 is 0 Å². The van der Waals surface area contributed by atoms with E-state index in [2.05, 4.69) is 4.72 Å². The average Bonchev–Trinajstić information content (AvgIpc) is 2.91. The molecule has 0 spiro atoms. The first-order valence-electron chi connectivity index (χ1n) is 6.20. The van der Waals surface area contributed by atoms with E-state index in [9.17, 15) is 12.8 Å². The molecule has 114 valence electrons. The summed E-state index contributed by atoms with van der Waals surface area (Å²) >= 11 is 1.08. The molecule has 2 aromatic rings. The summed E-state index contributed by atoms with van der Waals surface area (Å²) in [7, 11) is -3.74. The summed E-state index contributed by atoms with van der Waals surface area (Å²) in [6.45, 7) is 2.35.